The minimum absolute atomic E-state index is 0.129. The summed E-state index contributed by atoms with van der Waals surface area (Å²) in [6.07, 6.45) is 0.398. The van der Waals surface area contributed by atoms with Gasteiger partial charge in [0.2, 0.25) is 0 Å². The molecule has 0 aliphatic carbocycles. The number of thioether (sulfide) groups is 1. The molecule has 0 amide bonds. The molecule has 0 spiro atoms. The number of carbonyl (C=O) groups excluding carboxylic acids is 1. The van der Waals surface area contributed by atoms with E-state index in [0.29, 0.717) is 6.42 Å². The molecule has 106 valence electrons. The average molecular weight is 313 g/mol. The quantitative estimate of drug-likeness (QED) is 0.671. The van der Waals surface area contributed by atoms with Crippen LogP contribution in [0.2, 0.25) is 0 Å². The highest BCUT2D eigenvalue weighted by Crippen LogP contribution is 2.42. The molecule has 0 aromatic heterocycles. The topological polar surface area (TPSA) is 29.1 Å². The number of hydrogen-bond donors (Lipinski definition) is 1. The first-order valence-electron chi connectivity index (χ1n) is 6.76. The number of para-hydroxylation sites is 1. The maximum absolute atomic E-state index is 12.4. The predicted molar refractivity (Wildman–Crippen MR) is 91.9 cm³/mol. The smallest absolute Gasteiger partial charge is 0.194 e. The summed E-state index contributed by atoms with van der Waals surface area (Å²) in [5, 5.41) is 3.36. The fourth-order valence-corrected chi connectivity index (χ4v) is 3.79. The number of nitrogens with one attached hydrogen (secondary N) is 1. The van der Waals surface area contributed by atoms with Crippen LogP contribution in [-0.2, 0) is 10.2 Å². The SMILES string of the molecule is CC1(CC(=O)Sc2ccccc2)C(=S)Nc2ccccc21. The number of fused-ring (bicyclic) bond motifs is 1. The third kappa shape index (κ3) is 2.74. The number of rotatable bonds is 3. The van der Waals surface area contributed by atoms with Gasteiger partial charge in [0.05, 0.1) is 10.4 Å². The average Bonchev–Trinajstić information content (AvgIpc) is 2.72. The Morgan fingerprint density at radius 3 is 2.57 bits per heavy atom. The van der Waals surface area contributed by atoms with E-state index in [0.717, 1.165) is 21.1 Å². The van der Waals surface area contributed by atoms with Crippen LogP contribution < -0.4 is 5.32 Å². The van der Waals surface area contributed by atoms with Gasteiger partial charge in [0.15, 0.2) is 5.12 Å². The molecule has 3 rings (SSSR count). The molecule has 0 saturated heterocycles. The van der Waals surface area contributed by atoms with Gasteiger partial charge in [-0.3, -0.25) is 4.79 Å². The van der Waals surface area contributed by atoms with Crippen LogP contribution in [0.15, 0.2) is 59.5 Å². The van der Waals surface area contributed by atoms with Crippen molar-refractivity contribution in [3.05, 3.63) is 60.2 Å². The summed E-state index contributed by atoms with van der Waals surface area (Å²) in [7, 11) is 0. The molecule has 1 N–H and O–H groups in total. The van der Waals surface area contributed by atoms with E-state index in [9.17, 15) is 4.79 Å². The van der Waals surface area contributed by atoms with E-state index in [2.05, 4.69) is 5.32 Å². The van der Waals surface area contributed by atoms with Gasteiger partial charge in [-0.2, -0.15) is 0 Å². The molecule has 1 aliphatic heterocycles. The van der Waals surface area contributed by atoms with Crippen LogP contribution in [0.25, 0.3) is 0 Å². The summed E-state index contributed by atoms with van der Waals surface area (Å²) in [4.78, 5) is 14.1. The Hall–Kier alpha value is -1.65. The van der Waals surface area contributed by atoms with Gasteiger partial charge in [0, 0.05) is 17.0 Å². The number of carbonyl (C=O) groups is 1. The second kappa shape index (κ2) is 5.62. The van der Waals surface area contributed by atoms with Crippen LogP contribution >= 0.6 is 24.0 Å². The minimum Gasteiger partial charge on any atom is -0.349 e. The molecule has 0 saturated carbocycles. The van der Waals surface area contributed by atoms with Crippen molar-refractivity contribution >= 4 is 39.8 Å². The van der Waals surface area contributed by atoms with Crippen LogP contribution in [0.4, 0.5) is 5.69 Å². The molecular weight excluding hydrogens is 298 g/mol. The van der Waals surface area contributed by atoms with Crippen molar-refractivity contribution in [3.8, 4) is 0 Å². The first-order valence-corrected chi connectivity index (χ1v) is 7.99. The zero-order valence-corrected chi connectivity index (χ0v) is 13.3. The molecule has 1 aliphatic rings. The van der Waals surface area contributed by atoms with E-state index in [-0.39, 0.29) is 5.12 Å². The van der Waals surface area contributed by atoms with Gasteiger partial charge < -0.3 is 5.32 Å². The molecule has 0 radical (unpaired) electrons. The van der Waals surface area contributed by atoms with Crippen molar-refractivity contribution in [2.24, 2.45) is 0 Å². The summed E-state index contributed by atoms with van der Waals surface area (Å²) < 4.78 is 0. The zero-order chi connectivity index (χ0) is 14.9. The Morgan fingerprint density at radius 1 is 1.14 bits per heavy atom. The zero-order valence-electron chi connectivity index (χ0n) is 11.6. The number of benzene rings is 2. The van der Waals surface area contributed by atoms with Gasteiger partial charge in [-0.25, -0.2) is 0 Å². The van der Waals surface area contributed by atoms with Crippen LogP contribution in [0.5, 0.6) is 0 Å². The molecule has 2 nitrogen and oxygen atoms in total. The van der Waals surface area contributed by atoms with Gasteiger partial charge >= 0.3 is 0 Å². The Bertz CT molecular complexity index is 699. The Morgan fingerprint density at radius 2 is 1.81 bits per heavy atom. The van der Waals surface area contributed by atoms with Crippen molar-refractivity contribution in [2.45, 2.75) is 23.7 Å². The first-order chi connectivity index (χ1) is 10.1. The van der Waals surface area contributed by atoms with Gasteiger partial charge in [-0.1, -0.05) is 60.4 Å². The second-order valence-corrected chi connectivity index (χ2v) is 6.83. The summed E-state index contributed by atoms with van der Waals surface area (Å²) >= 11 is 6.75. The van der Waals surface area contributed by atoms with Crippen LogP contribution in [0.1, 0.15) is 18.9 Å². The molecule has 1 unspecified atom stereocenters. The molecule has 21 heavy (non-hydrogen) atoms. The van der Waals surface area contributed by atoms with Crippen molar-refractivity contribution in [1.82, 2.24) is 0 Å². The van der Waals surface area contributed by atoms with Crippen molar-refractivity contribution in [1.29, 1.82) is 0 Å². The Balaban J connectivity index is 1.81. The molecular formula is C17H15NOS2. The highest BCUT2D eigenvalue weighted by Gasteiger charge is 2.40. The molecule has 0 bridgehead atoms. The fourth-order valence-electron chi connectivity index (χ4n) is 2.58. The van der Waals surface area contributed by atoms with Crippen molar-refractivity contribution in [3.63, 3.8) is 0 Å². The number of anilines is 1. The highest BCUT2D eigenvalue weighted by molar-refractivity contribution is 8.13. The minimum atomic E-state index is -0.412. The molecule has 1 atom stereocenters. The van der Waals surface area contributed by atoms with Crippen LogP contribution in [0, 0.1) is 0 Å². The van der Waals surface area contributed by atoms with Gasteiger partial charge in [-0.15, -0.1) is 0 Å². The van der Waals surface area contributed by atoms with Gasteiger partial charge in [-0.05, 0) is 30.7 Å². The van der Waals surface area contributed by atoms with E-state index >= 15 is 0 Å². The maximum atomic E-state index is 12.4. The Kier molecular flexibility index (Phi) is 3.83. The van der Waals surface area contributed by atoms with Crippen LogP contribution in [-0.4, -0.2) is 10.1 Å². The first kappa shape index (κ1) is 14.3. The lowest BCUT2D eigenvalue weighted by Crippen LogP contribution is -2.31. The fraction of sp³-hybridized carbons (Fsp3) is 0.176. The Labute approximate surface area is 134 Å². The predicted octanol–water partition coefficient (Wildman–Crippen LogP) is 4.41. The molecule has 2 aromatic carbocycles. The lowest BCUT2D eigenvalue weighted by molar-refractivity contribution is -0.111. The second-order valence-electron chi connectivity index (χ2n) is 5.30. The standard InChI is InChI=1S/C17H15NOS2/c1-17(11-15(19)21-12-7-3-2-4-8-12)13-9-5-6-10-14(13)18-16(17)20/h2-10H,11H2,1H3,(H,18,20). The molecule has 2 aromatic rings. The van der Waals surface area contributed by atoms with E-state index in [4.69, 9.17) is 12.2 Å². The van der Waals surface area contributed by atoms with Crippen molar-refractivity contribution in [2.75, 3.05) is 5.32 Å². The lowest BCUT2D eigenvalue weighted by Gasteiger charge is -2.23. The third-order valence-electron chi connectivity index (χ3n) is 3.74. The summed E-state index contributed by atoms with van der Waals surface area (Å²) in [5.74, 6) is 0. The number of thiocarbonyl (C=S) groups is 1. The largest absolute Gasteiger partial charge is 0.349 e. The number of hydrogen-bond acceptors (Lipinski definition) is 3. The van der Waals surface area contributed by atoms with E-state index in [1.54, 1.807) is 0 Å². The molecule has 1 heterocycles. The van der Waals surface area contributed by atoms with Crippen LogP contribution in [0.3, 0.4) is 0 Å². The van der Waals surface area contributed by atoms with Crippen molar-refractivity contribution < 1.29 is 4.79 Å². The lowest BCUT2D eigenvalue weighted by atomic mass is 9.82. The van der Waals surface area contributed by atoms with Gasteiger partial charge in [0.25, 0.3) is 0 Å². The maximum Gasteiger partial charge on any atom is 0.194 e. The van der Waals surface area contributed by atoms with E-state index < -0.39 is 5.41 Å². The highest BCUT2D eigenvalue weighted by atomic mass is 32.2. The van der Waals surface area contributed by atoms with Gasteiger partial charge in [0.1, 0.15) is 0 Å². The summed E-state index contributed by atoms with van der Waals surface area (Å²) in [5.41, 5.74) is 1.71. The van der Waals surface area contributed by atoms with E-state index in [1.807, 2.05) is 61.5 Å². The molecule has 4 heteroatoms. The van der Waals surface area contributed by atoms with E-state index in [1.165, 1.54) is 11.8 Å². The molecule has 0 fully saturated rings. The normalized spacial score (nSPS) is 20.0. The summed E-state index contributed by atoms with van der Waals surface area (Å²) in [6, 6.07) is 17.7. The third-order valence-corrected chi connectivity index (χ3v) is 5.18. The monoisotopic (exact) mass is 313 g/mol. The summed E-state index contributed by atoms with van der Waals surface area (Å²) in [6.45, 7) is 2.04.